The molecule has 1 fully saturated rings. The highest BCUT2D eigenvalue weighted by atomic mass is 16.3. The molecule has 74 valence electrons. The van der Waals surface area contributed by atoms with Crippen LogP contribution in [0.2, 0.25) is 0 Å². The number of likely N-dealkylation sites (tertiary alicyclic amines) is 1. The van der Waals surface area contributed by atoms with Gasteiger partial charge in [0.15, 0.2) is 0 Å². The van der Waals surface area contributed by atoms with Crippen LogP contribution in [0, 0.1) is 0 Å². The number of nitrogens with zero attached hydrogens (tertiary/aromatic N) is 1. The molecule has 1 saturated heterocycles. The molecule has 1 aliphatic rings. The van der Waals surface area contributed by atoms with Crippen LogP contribution in [0.15, 0.2) is 12.7 Å². The van der Waals surface area contributed by atoms with Crippen LogP contribution in [0.25, 0.3) is 0 Å². The molecule has 0 aromatic rings. The van der Waals surface area contributed by atoms with E-state index in [1.54, 1.807) is 11.0 Å². The molecular weight excluding hydrogens is 166 g/mol. The average Bonchev–Trinajstić information content (AvgIpc) is 2.61. The molecule has 3 nitrogen and oxygen atoms in total. The smallest absolute Gasteiger partial charge is 0.223 e. The highest BCUT2D eigenvalue weighted by molar-refractivity contribution is 5.76. The topological polar surface area (TPSA) is 40.5 Å². The Morgan fingerprint density at radius 3 is 3.08 bits per heavy atom. The van der Waals surface area contributed by atoms with Crippen molar-refractivity contribution in [3.63, 3.8) is 0 Å². The summed E-state index contributed by atoms with van der Waals surface area (Å²) in [7, 11) is 0. The second kappa shape index (κ2) is 5.02. The number of carbonyl (C=O) groups is 1. The van der Waals surface area contributed by atoms with Gasteiger partial charge in [-0.1, -0.05) is 6.08 Å². The maximum absolute atomic E-state index is 11.5. The number of rotatable bonds is 4. The third-order valence-corrected chi connectivity index (χ3v) is 2.47. The quantitative estimate of drug-likeness (QED) is 0.659. The maximum Gasteiger partial charge on any atom is 0.223 e. The Labute approximate surface area is 79.0 Å². The summed E-state index contributed by atoms with van der Waals surface area (Å²) in [5.41, 5.74) is 0. The first-order valence-electron chi connectivity index (χ1n) is 4.80. The molecule has 0 radical (unpaired) electrons. The minimum atomic E-state index is 0.0670. The average molecular weight is 183 g/mol. The van der Waals surface area contributed by atoms with E-state index in [1.165, 1.54) is 0 Å². The minimum Gasteiger partial charge on any atom is -0.394 e. The van der Waals surface area contributed by atoms with E-state index < -0.39 is 0 Å². The summed E-state index contributed by atoms with van der Waals surface area (Å²) in [6.07, 6.45) is 4.97. The van der Waals surface area contributed by atoms with E-state index in [9.17, 15) is 4.79 Å². The predicted molar refractivity (Wildman–Crippen MR) is 51.3 cm³/mol. The van der Waals surface area contributed by atoms with E-state index in [1.807, 2.05) is 0 Å². The van der Waals surface area contributed by atoms with Crippen molar-refractivity contribution in [3.8, 4) is 0 Å². The van der Waals surface area contributed by atoms with Gasteiger partial charge in [0, 0.05) is 13.0 Å². The SMILES string of the molecule is C=CCCC(=O)N1CCCC1CO. The van der Waals surface area contributed by atoms with E-state index in [-0.39, 0.29) is 18.6 Å². The van der Waals surface area contributed by atoms with Crippen molar-refractivity contribution < 1.29 is 9.90 Å². The van der Waals surface area contributed by atoms with Crippen molar-refractivity contribution in [2.45, 2.75) is 31.7 Å². The van der Waals surface area contributed by atoms with Gasteiger partial charge in [-0.25, -0.2) is 0 Å². The van der Waals surface area contributed by atoms with Crippen molar-refractivity contribution in [1.29, 1.82) is 0 Å². The van der Waals surface area contributed by atoms with E-state index in [0.29, 0.717) is 6.42 Å². The Hall–Kier alpha value is -0.830. The molecule has 0 bridgehead atoms. The van der Waals surface area contributed by atoms with Gasteiger partial charge in [-0.05, 0) is 19.3 Å². The molecule has 0 aromatic heterocycles. The molecule has 1 rings (SSSR count). The van der Waals surface area contributed by atoms with Crippen LogP contribution >= 0.6 is 0 Å². The molecule has 1 atom stereocenters. The van der Waals surface area contributed by atoms with Crippen molar-refractivity contribution >= 4 is 5.91 Å². The summed E-state index contributed by atoms with van der Waals surface area (Å²) in [6.45, 7) is 4.48. The fraction of sp³-hybridized carbons (Fsp3) is 0.700. The molecule has 13 heavy (non-hydrogen) atoms. The van der Waals surface area contributed by atoms with Gasteiger partial charge in [-0.3, -0.25) is 4.79 Å². The molecule has 0 aliphatic carbocycles. The highest BCUT2D eigenvalue weighted by Gasteiger charge is 2.26. The van der Waals surface area contributed by atoms with Crippen LogP contribution in [0.3, 0.4) is 0 Å². The normalized spacial score (nSPS) is 21.9. The summed E-state index contributed by atoms with van der Waals surface area (Å²) in [5.74, 6) is 0.149. The molecule has 0 spiro atoms. The zero-order valence-electron chi connectivity index (χ0n) is 7.91. The monoisotopic (exact) mass is 183 g/mol. The number of allylic oxidation sites excluding steroid dienone is 1. The fourth-order valence-electron chi connectivity index (χ4n) is 1.72. The summed E-state index contributed by atoms with van der Waals surface area (Å²) in [4.78, 5) is 13.3. The Bertz CT molecular complexity index is 191. The number of aliphatic hydroxyl groups is 1. The standard InChI is InChI=1S/C10H17NO2/c1-2-3-6-10(13)11-7-4-5-9(11)8-12/h2,9,12H,1,3-8H2. The van der Waals surface area contributed by atoms with Gasteiger partial charge in [-0.2, -0.15) is 0 Å². The van der Waals surface area contributed by atoms with Gasteiger partial charge in [-0.15, -0.1) is 6.58 Å². The molecule has 1 aliphatic heterocycles. The van der Waals surface area contributed by atoms with Crippen molar-refractivity contribution in [2.24, 2.45) is 0 Å². The lowest BCUT2D eigenvalue weighted by Gasteiger charge is -2.22. The fourth-order valence-corrected chi connectivity index (χ4v) is 1.72. The first-order valence-corrected chi connectivity index (χ1v) is 4.80. The molecule has 0 aromatic carbocycles. The van der Waals surface area contributed by atoms with E-state index in [4.69, 9.17) is 5.11 Å². The van der Waals surface area contributed by atoms with Gasteiger partial charge in [0.05, 0.1) is 12.6 Å². The van der Waals surface area contributed by atoms with E-state index in [2.05, 4.69) is 6.58 Å². The molecule has 3 heteroatoms. The van der Waals surface area contributed by atoms with Crippen LogP contribution in [-0.2, 0) is 4.79 Å². The first-order chi connectivity index (χ1) is 6.29. The van der Waals surface area contributed by atoms with E-state index in [0.717, 1.165) is 25.8 Å². The van der Waals surface area contributed by atoms with Crippen LogP contribution in [0.4, 0.5) is 0 Å². The van der Waals surface area contributed by atoms with Gasteiger partial charge < -0.3 is 10.0 Å². The lowest BCUT2D eigenvalue weighted by Crippen LogP contribution is -2.37. The van der Waals surface area contributed by atoms with Crippen molar-refractivity contribution in [1.82, 2.24) is 4.90 Å². The Morgan fingerprint density at radius 2 is 2.46 bits per heavy atom. The van der Waals surface area contributed by atoms with Gasteiger partial charge in [0.2, 0.25) is 5.91 Å². The lowest BCUT2D eigenvalue weighted by molar-refractivity contribution is -0.132. The third-order valence-electron chi connectivity index (χ3n) is 2.47. The lowest BCUT2D eigenvalue weighted by atomic mass is 10.2. The zero-order valence-corrected chi connectivity index (χ0v) is 7.91. The Balaban J connectivity index is 2.40. The molecule has 1 N–H and O–H groups in total. The molecular formula is C10H17NO2. The number of carbonyl (C=O) groups excluding carboxylic acids is 1. The van der Waals surface area contributed by atoms with Gasteiger partial charge in [0.1, 0.15) is 0 Å². The van der Waals surface area contributed by atoms with Crippen molar-refractivity contribution in [3.05, 3.63) is 12.7 Å². The summed E-state index contributed by atoms with van der Waals surface area (Å²) in [5, 5.41) is 9.00. The second-order valence-electron chi connectivity index (χ2n) is 3.39. The van der Waals surface area contributed by atoms with Crippen LogP contribution in [0.1, 0.15) is 25.7 Å². The van der Waals surface area contributed by atoms with Crippen LogP contribution in [0.5, 0.6) is 0 Å². The second-order valence-corrected chi connectivity index (χ2v) is 3.39. The number of hydrogen-bond donors (Lipinski definition) is 1. The first kappa shape index (κ1) is 10.3. The van der Waals surface area contributed by atoms with Gasteiger partial charge in [0.25, 0.3) is 0 Å². The minimum absolute atomic E-state index is 0.0670. The molecule has 0 saturated carbocycles. The van der Waals surface area contributed by atoms with Gasteiger partial charge >= 0.3 is 0 Å². The summed E-state index contributed by atoms with van der Waals surface area (Å²) >= 11 is 0. The molecule has 1 amide bonds. The number of hydrogen-bond acceptors (Lipinski definition) is 2. The molecule has 1 unspecified atom stereocenters. The largest absolute Gasteiger partial charge is 0.394 e. The van der Waals surface area contributed by atoms with E-state index >= 15 is 0 Å². The van der Waals surface area contributed by atoms with Crippen LogP contribution < -0.4 is 0 Å². The Morgan fingerprint density at radius 1 is 1.69 bits per heavy atom. The highest BCUT2D eigenvalue weighted by Crippen LogP contribution is 2.17. The number of aliphatic hydroxyl groups excluding tert-OH is 1. The summed E-state index contributed by atoms with van der Waals surface area (Å²) < 4.78 is 0. The maximum atomic E-state index is 11.5. The zero-order chi connectivity index (χ0) is 9.68. The number of amides is 1. The molecule has 1 heterocycles. The summed E-state index contributed by atoms with van der Waals surface area (Å²) in [6, 6.07) is 0.0670. The Kier molecular flexibility index (Phi) is 3.96. The third kappa shape index (κ3) is 2.56. The van der Waals surface area contributed by atoms with Crippen molar-refractivity contribution in [2.75, 3.05) is 13.2 Å². The predicted octanol–water partition coefficient (Wildman–Crippen LogP) is 0.936. The van der Waals surface area contributed by atoms with Crippen LogP contribution in [-0.4, -0.2) is 35.1 Å².